The first-order valence-electron chi connectivity index (χ1n) is 5.01. The summed E-state index contributed by atoms with van der Waals surface area (Å²) in [6, 6.07) is 3.33. The molecule has 1 amide bonds. The summed E-state index contributed by atoms with van der Waals surface area (Å²) in [6.07, 6.45) is 2.25. The van der Waals surface area contributed by atoms with Crippen LogP contribution in [0.2, 0.25) is 0 Å². The van der Waals surface area contributed by atoms with Gasteiger partial charge in [0.15, 0.2) is 0 Å². The van der Waals surface area contributed by atoms with Gasteiger partial charge in [-0.15, -0.1) is 0 Å². The van der Waals surface area contributed by atoms with E-state index in [9.17, 15) is 4.79 Å². The first-order valence-corrected chi connectivity index (χ1v) is 5.01. The van der Waals surface area contributed by atoms with E-state index in [1.807, 2.05) is 13.8 Å². The molecule has 0 spiro atoms. The van der Waals surface area contributed by atoms with Crippen molar-refractivity contribution in [2.45, 2.75) is 26.3 Å². The molecule has 0 bridgehead atoms. The zero-order valence-corrected chi connectivity index (χ0v) is 9.03. The molecule has 82 valence electrons. The summed E-state index contributed by atoms with van der Waals surface area (Å²) in [7, 11) is 0. The van der Waals surface area contributed by atoms with Crippen LogP contribution in [0.15, 0.2) is 18.3 Å². The van der Waals surface area contributed by atoms with E-state index in [0.717, 1.165) is 5.69 Å². The van der Waals surface area contributed by atoms with Crippen LogP contribution in [-0.4, -0.2) is 28.6 Å². The molecule has 1 heterocycles. The number of amides is 1. The van der Waals surface area contributed by atoms with Crippen molar-refractivity contribution in [3.8, 4) is 0 Å². The lowest BCUT2D eigenvalue weighted by molar-refractivity contribution is 0.0914. The highest BCUT2D eigenvalue weighted by Gasteiger charge is 2.10. The van der Waals surface area contributed by atoms with Gasteiger partial charge in [0.05, 0.1) is 18.2 Å². The summed E-state index contributed by atoms with van der Waals surface area (Å²) >= 11 is 0. The highest BCUT2D eigenvalue weighted by Crippen LogP contribution is 2.00. The van der Waals surface area contributed by atoms with Gasteiger partial charge in [-0.1, -0.05) is 6.92 Å². The van der Waals surface area contributed by atoms with Crippen molar-refractivity contribution in [1.82, 2.24) is 10.3 Å². The molecule has 0 aliphatic heterocycles. The topological polar surface area (TPSA) is 62.2 Å². The lowest BCUT2D eigenvalue weighted by Crippen LogP contribution is -2.36. The van der Waals surface area contributed by atoms with Crippen LogP contribution in [0.4, 0.5) is 0 Å². The van der Waals surface area contributed by atoms with Crippen LogP contribution < -0.4 is 5.32 Å². The molecule has 0 aliphatic carbocycles. The molecule has 1 aromatic heterocycles. The molecule has 1 atom stereocenters. The molecule has 4 nitrogen and oxygen atoms in total. The van der Waals surface area contributed by atoms with Crippen molar-refractivity contribution in [2.75, 3.05) is 6.61 Å². The molecule has 2 N–H and O–H groups in total. The van der Waals surface area contributed by atoms with Crippen LogP contribution in [0.5, 0.6) is 0 Å². The number of hydrogen-bond acceptors (Lipinski definition) is 3. The van der Waals surface area contributed by atoms with Crippen molar-refractivity contribution in [2.24, 2.45) is 0 Å². The van der Waals surface area contributed by atoms with Gasteiger partial charge < -0.3 is 10.4 Å². The predicted octanol–water partition coefficient (Wildman–Crippen LogP) is 0.891. The Balaban J connectivity index is 2.64. The second-order valence-corrected chi connectivity index (χ2v) is 3.45. The smallest absolute Gasteiger partial charge is 0.253 e. The largest absolute Gasteiger partial charge is 0.394 e. The number of carbonyl (C=O) groups is 1. The number of hydrogen-bond donors (Lipinski definition) is 2. The molecule has 0 fully saturated rings. The summed E-state index contributed by atoms with van der Waals surface area (Å²) in [6.45, 7) is 3.74. The van der Waals surface area contributed by atoms with E-state index in [4.69, 9.17) is 5.11 Å². The van der Waals surface area contributed by atoms with Crippen molar-refractivity contribution < 1.29 is 9.90 Å². The van der Waals surface area contributed by atoms with E-state index in [-0.39, 0.29) is 18.6 Å². The number of nitrogens with one attached hydrogen (secondary N) is 1. The molecule has 15 heavy (non-hydrogen) atoms. The maximum absolute atomic E-state index is 11.6. The molecule has 0 aliphatic rings. The first kappa shape index (κ1) is 11.7. The van der Waals surface area contributed by atoms with Crippen LogP contribution >= 0.6 is 0 Å². The van der Waals surface area contributed by atoms with E-state index in [2.05, 4.69) is 10.3 Å². The van der Waals surface area contributed by atoms with E-state index >= 15 is 0 Å². The molecule has 1 aromatic rings. The van der Waals surface area contributed by atoms with Crippen molar-refractivity contribution >= 4 is 5.91 Å². The molecule has 1 rings (SSSR count). The zero-order chi connectivity index (χ0) is 11.3. The van der Waals surface area contributed by atoms with Gasteiger partial charge in [0.1, 0.15) is 0 Å². The van der Waals surface area contributed by atoms with Crippen LogP contribution in [0.1, 0.15) is 29.4 Å². The maximum atomic E-state index is 11.6. The van der Waals surface area contributed by atoms with Crippen LogP contribution in [-0.2, 0) is 0 Å². The van der Waals surface area contributed by atoms with Gasteiger partial charge in [-0.25, -0.2) is 0 Å². The molecule has 4 heteroatoms. The summed E-state index contributed by atoms with van der Waals surface area (Å²) in [4.78, 5) is 15.7. The average Bonchev–Trinajstić information content (AvgIpc) is 2.26. The lowest BCUT2D eigenvalue weighted by atomic mass is 10.2. The third kappa shape index (κ3) is 3.32. The Hall–Kier alpha value is -1.42. The number of carbonyl (C=O) groups excluding carboxylic acids is 1. The molecule has 0 saturated heterocycles. The average molecular weight is 208 g/mol. The minimum absolute atomic E-state index is 0.0401. The van der Waals surface area contributed by atoms with Gasteiger partial charge in [0.25, 0.3) is 5.91 Å². The number of nitrogens with zero attached hydrogens (tertiary/aromatic N) is 1. The standard InChI is InChI=1S/C11H16N2O2/c1-3-10(7-14)13-11(15)9-5-4-8(2)12-6-9/h4-6,10,14H,3,7H2,1-2H3,(H,13,15). The van der Waals surface area contributed by atoms with Gasteiger partial charge in [-0.3, -0.25) is 9.78 Å². The number of aryl methyl sites for hydroxylation is 1. The Bertz CT molecular complexity index is 318. The summed E-state index contributed by atoms with van der Waals surface area (Å²) < 4.78 is 0. The fraction of sp³-hybridized carbons (Fsp3) is 0.455. The van der Waals surface area contributed by atoms with Gasteiger partial charge in [-0.05, 0) is 25.5 Å². The third-order valence-electron chi connectivity index (χ3n) is 2.22. The molecule has 0 radical (unpaired) electrons. The Morgan fingerprint density at radius 3 is 2.80 bits per heavy atom. The number of aromatic nitrogens is 1. The second kappa shape index (κ2) is 5.46. The Morgan fingerprint density at radius 2 is 2.33 bits per heavy atom. The van der Waals surface area contributed by atoms with E-state index < -0.39 is 0 Å². The summed E-state index contributed by atoms with van der Waals surface area (Å²) in [5, 5.41) is 11.7. The highest BCUT2D eigenvalue weighted by molar-refractivity contribution is 5.94. The normalized spacial score (nSPS) is 12.2. The maximum Gasteiger partial charge on any atom is 0.253 e. The van der Waals surface area contributed by atoms with Gasteiger partial charge in [0, 0.05) is 11.9 Å². The van der Waals surface area contributed by atoms with E-state index in [1.165, 1.54) is 6.20 Å². The van der Waals surface area contributed by atoms with Crippen molar-refractivity contribution in [1.29, 1.82) is 0 Å². The first-order chi connectivity index (χ1) is 7.17. The number of aliphatic hydroxyl groups excluding tert-OH is 1. The SMILES string of the molecule is CCC(CO)NC(=O)c1ccc(C)nc1. The Labute approximate surface area is 89.3 Å². The highest BCUT2D eigenvalue weighted by atomic mass is 16.3. The van der Waals surface area contributed by atoms with Gasteiger partial charge in [0.2, 0.25) is 0 Å². The summed E-state index contributed by atoms with van der Waals surface area (Å²) in [5.74, 6) is -0.191. The van der Waals surface area contributed by atoms with E-state index in [0.29, 0.717) is 12.0 Å². The lowest BCUT2D eigenvalue weighted by Gasteiger charge is -2.13. The predicted molar refractivity (Wildman–Crippen MR) is 57.6 cm³/mol. The minimum atomic E-state index is -0.191. The van der Waals surface area contributed by atoms with Crippen molar-refractivity contribution in [3.05, 3.63) is 29.6 Å². The fourth-order valence-electron chi connectivity index (χ4n) is 1.15. The van der Waals surface area contributed by atoms with E-state index in [1.54, 1.807) is 12.1 Å². The second-order valence-electron chi connectivity index (χ2n) is 3.45. The zero-order valence-electron chi connectivity index (χ0n) is 9.03. The number of pyridine rings is 1. The summed E-state index contributed by atoms with van der Waals surface area (Å²) in [5.41, 5.74) is 1.40. The van der Waals surface area contributed by atoms with Crippen LogP contribution in [0.3, 0.4) is 0 Å². The fourth-order valence-corrected chi connectivity index (χ4v) is 1.15. The Morgan fingerprint density at radius 1 is 1.60 bits per heavy atom. The molecular formula is C11H16N2O2. The quantitative estimate of drug-likeness (QED) is 0.772. The molecular weight excluding hydrogens is 192 g/mol. The Kier molecular flexibility index (Phi) is 4.24. The van der Waals surface area contributed by atoms with Crippen LogP contribution in [0, 0.1) is 6.92 Å². The number of rotatable bonds is 4. The number of aliphatic hydroxyl groups is 1. The van der Waals surface area contributed by atoms with Crippen molar-refractivity contribution in [3.63, 3.8) is 0 Å². The molecule has 0 saturated carbocycles. The van der Waals surface area contributed by atoms with Gasteiger partial charge >= 0.3 is 0 Å². The molecule has 0 aromatic carbocycles. The molecule has 1 unspecified atom stereocenters. The monoisotopic (exact) mass is 208 g/mol. The van der Waals surface area contributed by atoms with Gasteiger partial charge in [-0.2, -0.15) is 0 Å². The third-order valence-corrected chi connectivity index (χ3v) is 2.22. The van der Waals surface area contributed by atoms with Crippen LogP contribution in [0.25, 0.3) is 0 Å². The minimum Gasteiger partial charge on any atom is -0.394 e.